The number of nitrogens with zero attached hydrogens (tertiary/aromatic N) is 3. The summed E-state index contributed by atoms with van der Waals surface area (Å²) < 4.78 is 0. The number of para-hydroxylation sites is 1. The lowest BCUT2D eigenvalue weighted by Gasteiger charge is -2.13. The van der Waals surface area contributed by atoms with Gasteiger partial charge in [0.25, 0.3) is 0 Å². The van der Waals surface area contributed by atoms with Crippen LogP contribution in [0.2, 0.25) is 0 Å². The van der Waals surface area contributed by atoms with E-state index >= 15 is 0 Å². The average molecular weight is 234 g/mol. The van der Waals surface area contributed by atoms with Crippen molar-refractivity contribution in [2.24, 2.45) is 0 Å². The maximum Gasteiger partial charge on any atom is 0.327 e. The molecule has 1 heterocycles. The topological polar surface area (TPSA) is 58.1 Å². The van der Waals surface area contributed by atoms with Gasteiger partial charge in [0.05, 0.1) is 0 Å². The summed E-state index contributed by atoms with van der Waals surface area (Å²) in [4.78, 5) is 13.2. The lowest BCUT2D eigenvalue weighted by Crippen LogP contribution is -2.31. The molecule has 82 valence electrons. The van der Waals surface area contributed by atoms with Crippen molar-refractivity contribution < 1.29 is 4.79 Å². The van der Waals surface area contributed by atoms with Crippen molar-refractivity contribution in [1.29, 1.82) is 0 Å². The summed E-state index contributed by atoms with van der Waals surface area (Å²) in [5.41, 5.74) is 2.34. The van der Waals surface area contributed by atoms with E-state index in [1.165, 1.54) is 16.2 Å². The first kappa shape index (κ1) is 10.6. The second-order valence-electron chi connectivity index (χ2n) is 3.08. The van der Waals surface area contributed by atoms with Gasteiger partial charge >= 0.3 is 6.03 Å². The van der Waals surface area contributed by atoms with Crippen LogP contribution in [0.5, 0.6) is 0 Å². The van der Waals surface area contributed by atoms with E-state index in [-0.39, 0.29) is 6.03 Å². The Morgan fingerprint density at radius 3 is 2.75 bits per heavy atom. The zero-order valence-corrected chi connectivity index (χ0v) is 9.44. The van der Waals surface area contributed by atoms with Crippen LogP contribution in [-0.2, 0) is 0 Å². The van der Waals surface area contributed by atoms with E-state index in [4.69, 9.17) is 0 Å². The number of rotatable bonds is 2. The van der Waals surface area contributed by atoms with Crippen LogP contribution in [0.3, 0.4) is 0 Å². The molecule has 0 atom stereocenters. The Bertz CT molecular complexity index is 457. The highest BCUT2D eigenvalue weighted by Crippen LogP contribution is 2.15. The summed E-state index contributed by atoms with van der Waals surface area (Å²) in [5.74, 6) is 0. The summed E-state index contributed by atoms with van der Waals surface area (Å²) in [5, 5.41) is 10.8. The van der Waals surface area contributed by atoms with Gasteiger partial charge in [-0.15, -0.1) is 10.2 Å². The summed E-state index contributed by atoms with van der Waals surface area (Å²) in [7, 11) is 1.65. The van der Waals surface area contributed by atoms with Gasteiger partial charge in [0.15, 0.2) is 0 Å². The molecule has 5 nitrogen and oxygen atoms in total. The van der Waals surface area contributed by atoms with Crippen LogP contribution in [-0.4, -0.2) is 23.3 Å². The Hall–Kier alpha value is -1.95. The second kappa shape index (κ2) is 4.71. The van der Waals surface area contributed by atoms with E-state index < -0.39 is 0 Å². The van der Waals surface area contributed by atoms with Gasteiger partial charge in [-0.2, -0.15) is 0 Å². The minimum absolute atomic E-state index is 0.233. The molecule has 0 saturated carbocycles. The smallest absolute Gasteiger partial charge is 0.307 e. The molecule has 0 spiro atoms. The van der Waals surface area contributed by atoms with E-state index in [1.54, 1.807) is 12.6 Å². The molecule has 2 amide bonds. The predicted molar refractivity (Wildman–Crippen MR) is 63.8 cm³/mol. The number of hydrogen-bond acceptors (Lipinski definition) is 4. The lowest BCUT2D eigenvalue weighted by atomic mass is 10.3. The molecule has 1 aromatic carbocycles. The standard InChI is InChI=1S/C10H10N4OS/c1-14(10-13-11-7-16-10)9(15)12-8-5-3-2-4-6-8/h2-7H,1H3,(H,12,15). The molecule has 0 unspecified atom stereocenters. The third kappa shape index (κ3) is 2.34. The number of benzene rings is 1. The van der Waals surface area contributed by atoms with Gasteiger partial charge in [0, 0.05) is 12.7 Å². The fourth-order valence-electron chi connectivity index (χ4n) is 1.13. The van der Waals surface area contributed by atoms with Crippen LogP contribution in [0, 0.1) is 0 Å². The van der Waals surface area contributed by atoms with Gasteiger partial charge in [-0.05, 0) is 12.1 Å². The highest BCUT2D eigenvalue weighted by atomic mass is 32.1. The van der Waals surface area contributed by atoms with Gasteiger partial charge in [-0.3, -0.25) is 4.90 Å². The maximum absolute atomic E-state index is 11.8. The Morgan fingerprint density at radius 2 is 2.12 bits per heavy atom. The van der Waals surface area contributed by atoms with Crippen LogP contribution in [0.15, 0.2) is 35.8 Å². The minimum atomic E-state index is -0.233. The monoisotopic (exact) mass is 234 g/mol. The normalized spacial score (nSPS) is 9.81. The van der Waals surface area contributed by atoms with Crippen LogP contribution in [0.25, 0.3) is 0 Å². The molecule has 0 aliphatic heterocycles. The molecule has 2 aromatic rings. The third-order valence-corrected chi connectivity index (χ3v) is 2.73. The Balaban J connectivity index is 2.04. The van der Waals surface area contributed by atoms with Crippen molar-refractivity contribution in [2.75, 3.05) is 17.3 Å². The SMILES string of the molecule is CN(C(=O)Nc1ccccc1)c1nncs1. The molecule has 16 heavy (non-hydrogen) atoms. The summed E-state index contributed by atoms with van der Waals surface area (Å²) in [6, 6.07) is 9.03. The summed E-state index contributed by atoms with van der Waals surface area (Å²) in [6.45, 7) is 0. The van der Waals surface area contributed by atoms with E-state index in [0.717, 1.165) is 5.69 Å². The van der Waals surface area contributed by atoms with Gasteiger partial charge in [0.2, 0.25) is 5.13 Å². The van der Waals surface area contributed by atoms with Crippen molar-refractivity contribution in [3.05, 3.63) is 35.8 Å². The zero-order chi connectivity index (χ0) is 11.4. The molecule has 0 aliphatic rings. The Morgan fingerprint density at radius 1 is 1.38 bits per heavy atom. The fraction of sp³-hybridized carbons (Fsp3) is 0.100. The van der Waals surface area contributed by atoms with Crippen molar-refractivity contribution in [3.8, 4) is 0 Å². The number of carbonyl (C=O) groups is 1. The predicted octanol–water partition coefficient (Wildman–Crippen LogP) is 2.21. The Kier molecular flexibility index (Phi) is 3.11. The second-order valence-corrected chi connectivity index (χ2v) is 3.89. The van der Waals surface area contributed by atoms with Crippen molar-refractivity contribution in [1.82, 2.24) is 10.2 Å². The number of urea groups is 1. The number of aromatic nitrogens is 2. The van der Waals surface area contributed by atoms with Crippen LogP contribution >= 0.6 is 11.3 Å². The molecule has 6 heteroatoms. The molecule has 0 aliphatic carbocycles. The lowest BCUT2D eigenvalue weighted by molar-refractivity contribution is 0.258. The average Bonchev–Trinajstić information content (AvgIpc) is 2.83. The molecule has 2 rings (SSSR count). The third-order valence-electron chi connectivity index (χ3n) is 1.97. The molecule has 0 saturated heterocycles. The zero-order valence-electron chi connectivity index (χ0n) is 8.62. The number of hydrogen-bond donors (Lipinski definition) is 1. The molecular formula is C10H10N4OS. The maximum atomic E-state index is 11.8. The molecular weight excluding hydrogens is 224 g/mol. The van der Waals surface area contributed by atoms with Crippen LogP contribution < -0.4 is 10.2 Å². The van der Waals surface area contributed by atoms with Crippen molar-refractivity contribution in [2.45, 2.75) is 0 Å². The first-order valence-electron chi connectivity index (χ1n) is 4.63. The van der Waals surface area contributed by atoms with E-state index in [0.29, 0.717) is 5.13 Å². The number of carbonyl (C=O) groups excluding carboxylic acids is 1. The van der Waals surface area contributed by atoms with Gasteiger partial charge in [0.1, 0.15) is 5.51 Å². The molecule has 1 N–H and O–H groups in total. The summed E-state index contributed by atoms with van der Waals surface area (Å²) in [6.07, 6.45) is 0. The quantitative estimate of drug-likeness (QED) is 0.866. The first-order valence-corrected chi connectivity index (χ1v) is 5.51. The fourth-order valence-corrected chi connectivity index (χ4v) is 1.65. The van der Waals surface area contributed by atoms with Crippen molar-refractivity contribution >= 4 is 28.2 Å². The minimum Gasteiger partial charge on any atom is -0.307 e. The number of amides is 2. The molecule has 0 bridgehead atoms. The highest BCUT2D eigenvalue weighted by molar-refractivity contribution is 7.13. The van der Waals surface area contributed by atoms with E-state index in [9.17, 15) is 4.79 Å². The van der Waals surface area contributed by atoms with E-state index in [2.05, 4.69) is 15.5 Å². The van der Waals surface area contributed by atoms with Gasteiger partial charge < -0.3 is 5.32 Å². The Labute approximate surface area is 96.7 Å². The largest absolute Gasteiger partial charge is 0.327 e. The molecule has 0 fully saturated rings. The van der Waals surface area contributed by atoms with Crippen LogP contribution in [0.1, 0.15) is 0 Å². The number of anilines is 2. The highest BCUT2D eigenvalue weighted by Gasteiger charge is 2.13. The van der Waals surface area contributed by atoms with E-state index in [1.807, 2.05) is 30.3 Å². The van der Waals surface area contributed by atoms with Crippen LogP contribution in [0.4, 0.5) is 15.6 Å². The number of nitrogens with one attached hydrogen (secondary N) is 1. The summed E-state index contributed by atoms with van der Waals surface area (Å²) >= 11 is 1.31. The van der Waals surface area contributed by atoms with Crippen molar-refractivity contribution in [3.63, 3.8) is 0 Å². The first-order chi connectivity index (χ1) is 7.77. The molecule has 1 aromatic heterocycles. The molecule has 0 radical (unpaired) electrons. The van der Waals surface area contributed by atoms with Gasteiger partial charge in [-0.25, -0.2) is 4.79 Å². The van der Waals surface area contributed by atoms with Gasteiger partial charge in [-0.1, -0.05) is 29.5 Å².